The highest BCUT2D eigenvalue weighted by molar-refractivity contribution is 8.00. The third-order valence-corrected chi connectivity index (χ3v) is 7.54. The molecule has 8 nitrogen and oxygen atoms in total. The SMILES string of the molecule is C=CCn1c(COc2cccc(C)c2)nnc1S[C@@H](C)C(=O)N[C@H]1CCS(=O)(=O)C1. The van der Waals surface area contributed by atoms with Crippen LogP contribution in [0.5, 0.6) is 5.75 Å². The van der Waals surface area contributed by atoms with Crippen LogP contribution in [0.3, 0.4) is 0 Å². The van der Waals surface area contributed by atoms with Gasteiger partial charge in [-0.05, 0) is 38.0 Å². The maximum absolute atomic E-state index is 12.5. The topological polar surface area (TPSA) is 103 Å². The molecule has 3 rings (SSSR count). The maximum atomic E-state index is 12.5. The number of ether oxygens (including phenoxy) is 1. The van der Waals surface area contributed by atoms with E-state index in [4.69, 9.17) is 4.74 Å². The van der Waals surface area contributed by atoms with Crippen LogP contribution in [0.2, 0.25) is 0 Å². The standard InChI is InChI=1S/C20H26N4O4S2/c1-4-9-24-18(12-28-17-7-5-6-14(2)11-17)22-23-20(24)29-15(3)19(25)21-16-8-10-30(26,27)13-16/h4-7,11,15-16H,1,8-10,12-13H2,2-3H3,(H,21,25)/t15-,16-/m0/s1. The first-order valence-electron chi connectivity index (χ1n) is 9.67. The van der Waals surface area contributed by atoms with E-state index in [9.17, 15) is 13.2 Å². The zero-order chi connectivity index (χ0) is 21.7. The van der Waals surface area contributed by atoms with Gasteiger partial charge in [-0.3, -0.25) is 9.36 Å². The lowest BCUT2D eigenvalue weighted by Crippen LogP contribution is -2.40. The summed E-state index contributed by atoms with van der Waals surface area (Å²) >= 11 is 1.27. The van der Waals surface area contributed by atoms with Crippen LogP contribution in [0, 0.1) is 6.92 Å². The lowest BCUT2D eigenvalue weighted by molar-refractivity contribution is -0.120. The number of amides is 1. The van der Waals surface area contributed by atoms with Gasteiger partial charge < -0.3 is 10.1 Å². The number of nitrogens with zero attached hydrogens (tertiary/aromatic N) is 3. The van der Waals surface area contributed by atoms with Crippen molar-refractivity contribution < 1.29 is 17.9 Å². The minimum atomic E-state index is -3.04. The van der Waals surface area contributed by atoms with Gasteiger partial charge >= 0.3 is 0 Å². The molecule has 1 aromatic carbocycles. The third kappa shape index (κ3) is 5.85. The molecule has 1 fully saturated rings. The third-order valence-electron chi connectivity index (χ3n) is 4.69. The number of allylic oxidation sites excluding steroid dienone is 1. The highest BCUT2D eigenvalue weighted by atomic mass is 32.2. The minimum Gasteiger partial charge on any atom is -0.486 e. The molecule has 0 bridgehead atoms. The highest BCUT2D eigenvalue weighted by Gasteiger charge is 2.30. The number of benzene rings is 1. The zero-order valence-corrected chi connectivity index (χ0v) is 18.7. The van der Waals surface area contributed by atoms with Crippen LogP contribution < -0.4 is 10.1 Å². The van der Waals surface area contributed by atoms with Crippen LogP contribution >= 0.6 is 11.8 Å². The Morgan fingerprint density at radius 2 is 2.27 bits per heavy atom. The fourth-order valence-electron chi connectivity index (χ4n) is 3.12. The Morgan fingerprint density at radius 3 is 2.93 bits per heavy atom. The molecule has 0 radical (unpaired) electrons. The molecule has 1 aromatic heterocycles. The van der Waals surface area contributed by atoms with Gasteiger partial charge in [0.15, 0.2) is 20.8 Å². The summed E-state index contributed by atoms with van der Waals surface area (Å²) in [5.74, 6) is 1.29. The van der Waals surface area contributed by atoms with Gasteiger partial charge in [-0.25, -0.2) is 8.42 Å². The predicted octanol–water partition coefficient (Wildman–Crippen LogP) is 2.14. The highest BCUT2D eigenvalue weighted by Crippen LogP contribution is 2.24. The number of aryl methyl sites for hydroxylation is 1. The number of thioether (sulfide) groups is 1. The van der Waals surface area contributed by atoms with Gasteiger partial charge in [0.1, 0.15) is 12.4 Å². The molecule has 0 saturated carbocycles. The Bertz CT molecular complexity index is 1020. The normalized spacial score (nSPS) is 18.7. The zero-order valence-electron chi connectivity index (χ0n) is 17.1. The molecule has 2 aromatic rings. The van der Waals surface area contributed by atoms with Crippen molar-refractivity contribution in [1.82, 2.24) is 20.1 Å². The van der Waals surface area contributed by atoms with Crippen molar-refractivity contribution in [2.45, 2.75) is 49.9 Å². The molecule has 10 heteroatoms. The second-order valence-electron chi connectivity index (χ2n) is 7.27. The summed E-state index contributed by atoms with van der Waals surface area (Å²) in [6.07, 6.45) is 2.19. The first-order chi connectivity index (χ1) is 14.3. The Balaban J connectivity index is 1.63. The van der Waals surface area contributed by atoms with E-state index in [1.165, 1.54) is 11.8 Å². The van der Waals surface area contributed by atoms with Gasteiger partial charge in [-0.2, -0.15) is 0 Å². The van der Waals surface area contributed by atoms with Crippen LogP contribution in [0.25, 0.3) is 0 Å². The summed E-state index contributed by atoms with van der Waals surface area (Å²) < 4.78 is 30.9. The second kappa shape index (κ2) is 9.65. The first kappa shape index (κ1) is 22.4. The van der Waals surface area contributed by atoms with Crippen LogP contribution in [-0.4, -0.2) is 51.9 Å². The number of carbonyl (C=O) groups is 1. The number of carbonyl (C=O) groups excluding carboxylic acids is 1. The van der Waals surface area contributed by atoms with E-state index in [0.29, 0.717) is 23.9 Å². The number of hydrogen-bond donors (Lipinski definition) is 1. The number of hydrogen-bond acceptors (Lipinski definition) is 7. The number of rotatable bonds is 9. The summed E-state index contributed by atoms with van der Waals surface area (Å²) in [6, 6.07) is 7.42. The molecule has 0 aliphatic carbocycles. The Morgan fingerprint density at radius 1 is 1.47 bits per heavy atom. The van der Waals surface area contributed by atoms with E-state index in [0.717, 1.165) is 11.3 Å². The lowest BCUT2D eigenvalue weighted by atomic mass is 10.2. The second-order valence-corrected chi connectivity index (χ2v) is 10.8. The first-order valence-corrected chi connectivity index (χ1v) is 12.4. The molecular formula is C20H26N4O4S2. The van der Waals surface area contributed by atoms with Crippen LogP contribution in [0.15, 0.2) is 42.1 Å². The summed E-state index contributed by atoms with van der Waals surface area (Å²) in [4.78, 5) is 12.5. The molecule has 30 heavy (non-hydrogen) atoms. The van der Waals surface area contributed by atoms with Crippen molar-refractivity contribution in [2.24, 2.45) is 0 Å². The minimum absolute atomic E-state index is 0.00320. The fourth-order valence-corrected chi connectivity index (χ4v) is 5.68. The summed E-state index contributed by atoms with van der Waals surface area (Å²) in [5, 5.41) is 11.4. The molecule has 1 N–H and O–H groups in total. The molecule has 162 valence electrons. The Hall–Kier alpha value is -2.33. The Kier molecular flexibility index (Phi) is 7.19. The molecule has 1 aliphatic heterocycles. The largest absolute Gasteiger partial charge is 0.486 e. The molecule has 1 aliphatic rings. The monoisotopic (exact) mass is 450 g/mol. The van der Waals surface area contributed by atoms with Crippen LogP contribution in [-0.2, 0) is 27.8 Å². The van der Waals surface area contributed by atoms with E-state index in [1.54, 1.807) is 13.0 Å². The average Bonchev–Trinajstić information content (AvgIpc) is 3.23. The van der Waals surface area contributed by atoms with Crippen LogP contribution in [0.1, 0.15) is 24.7 Å². The van der Waals surface area contributed by atoms with Crippen molar-refractivity contribution in [3.05, 3.63) is 48.3 Å². The quantitative estimate of drug-likeness (QED) is 0.461. The van der Waals surface area contributed by atoms with Gasteiger partial charge in [0.05, 0.1) is 16.8 Å². The predicted molar refractivity (Wildman–Crippen MR) is 116 cm³/mol. The van der Waals surface area contributed by atoms with Crippen molar-refractivity contribution >= 4 is 27.5 Å². The smallest absolute Gasteiger partial charge is 0.233 e. The van der Waals surface area contributed by atoms with E-state index in [2.05, 4.69) is 22.1 Å². The van der Waals surface area contributed by atoms with Crippen molar-refractivity contribution in [3.8, 4) is 5.75 Å². The molecular weight excluding hydrogens is 424 g/mol. The van der Waals surface area contributed by atoms with Crippen LogP contribution in [0.4, 0.5) is 0 Å². The molecule has 2 atom stereocenters. The molecule has 2 heterocycles. The van der Waals surface area contributed by atoms with E-state index >= 15 is 0 Å². The van der Waals surface area contributed by atoms with Gasteiger partial charge in [-0.1, -0.05) is 30.0 Å². The van der Waals surface area contributed by atoms with Crippen molar-refractivity contribution in [2.75, 3.05) is 11.5 Å². The number of nitrogens with one attached hydrogen (secondary N) is 1. The van der Waals surface area contributed by atoms with E-state index in [-0.39, 0.29) is 30.1 Å². The van der Waals surface area contributed by atoms with Gasteiger partial charge in [0, 0.05) is 12.6 Å². The summed E-state index contributed by atoms with van der Waals surface area (Å²) in [7, 11) is -3.04. The van der Waals surface area contributed by atoms with Crippen molar-refractivity contribution in [3.63, 3.8) is 0 Å². The van der Waals surface area contributed by atoms with Gasteiger partial charge in [-0.15, -0.1) is 16.8 Å². The molecule has 1 saturated heterocycles. The summed E-state index contributed by atoms with van der Waals surface area (Å²) in [6.45, 7) is 8.26. The lowest BCUT2D eigenvalue weighted by Gasteiger charge is -2.16. The van der Waals surface area contributed by atoms with Gasteiger partial charge in [0.25, 0.3) is 0 Å². The maximum Gasteiger partial charge on any atom is 0.233 e. The van der Waals surface area contributed by atoms with E-state index < -0.39 is 15.1 Å². The molecule has 0 spiro atoms. The fraction of sp³-hybridized carbons (Fsp3) is 0.450. The Labute approximate surface area is 181 Å². The van der Waals surface area contributed by atoms with E-state index in [1.807, 2.05) is 35.8 Å². The number of aromatic nitrogens is 3. The summed E-state index contributed by atoms with van der Waals surface area (Å²) in [5.41, 5.74) is 1.10. The molecule has 1 amide bonds. The van der Waals surface area contributed by atoms with Gasteiger partial charge in [0.2, 0.25) is 5.91 Å². The number of sulfone groups is 1. The molecule has 0 unspecified atom stereocenters. The van der Waals surface area contributed by atoms with Crippen molar-refractivity contribution in [1.29, 1.82) is 0 Å². The average molecular weight is 451 g/mol.